The number of ether oxygens (including phenoxy) is 4. The molecule has 0 aromatic carbocycles. The van der Waals surface area contributed by atoms with Gasteiger partial charge in [-0.15, -0.1) is 11.3 Å². The fourth-order valence-electron chi connectivity index (χ4n) is 3.71. The molecule has 0 radical (unpaired) electrons. The van der Waals surface area contributed by atoms with Gasteiger partial charge in [0.05, 0.1) is 18.3 Å². The number of hydrogen-bond acceptors (Lipinski definition) is 9. The van der Waals surface area contributed by atoms with E-state index in [1.54, 1.807) is 26.6 Å². The number of anilines is 1. The summed E-state index contributed by atoms with van der Waals surface area (Å²) in [5, 5.41) is 2.51. The highest BCUT2D eigenvalue weighted by atomic mass is 32.1. The van der Waals surface area contributed by atoms with Crippen LogP contribution in [-0.2, 0) is 18.9 Å². The average Bonchev–Trinajstić information content (AvgIpc) is 3.29. The number of thiazole rings is 1. The van der Waals surface area contributed by atoms with Gasteiger partial charge in [-0.1, -0.05) is 6.92 Å². The van der Waals surface area contributed by atoms with Gasteiger partial charge in [0.2, 0.25) is 0 Å². The Kier molecular flexibility index (Phi) is 6.69. The minimum atomic E-state index is -0.771. The standard InChI is InChI=1S/C19H28N4O5S/c1-6-19(10-25-4)14(27-11(2)3)13(26-5)17(28-19)23-9-12(15(20)22-18(23)24)16-21-7-8-29-16/h7-9,11,13-14,17H,6,10H2,1-5H3,(H2,20,22,24)/t13-,14+,17-,19-/m1/s1. The second-order valence-corrected chi connectivity index (χ2v) is 8.13. The number of rotatable bonds is 8. The Bertz CT molecular complexity index is 872. The van der Waals surface area contributed by atoms with Crippen molar-refractivity contribution in [1.29, 1.82) is 0 Å². The molecule has 3 heterocycles. The summed E-state index contributed by atoms with van der Waals surface area (Å²) >= 11 is 1.41. The molecule has 2 aromatic rings. The highest BCUT2D eigenvalue weighted by molar-refractivity contribution is 7.13. The second-order valence-electron chi connectivity index (χ2n) is 7.23. The Balaban J connectivity index is 2.10. The van der Waals surface area contributed by atoms with Crippen LogP contribution in [0, 0.1) is 0 Å². The summed E-state index contributed by atoms with van der Waals surface area (Å²) in [6, 6.07) is 0. The van der Waals surface area contributed by atoms with E-state index in [0.29, 0.717) is 23.6 Å². The predicted molar refractivity (Wildman–Crippen MR) is 110 cm³/mol. The molecule has 0 saturated carbocycles. The molecule has 0 bridgehead atoms. The Morgan fingerprint density at radius 3 is 2.72 bits per heavy atom. The molecule has 4 atom stereocenters. The predicted octanol–water partition coefficient (Wildman–Crippen LogP) is 2.08. The molecular formula is C19H28N4O5S. The topological polar surface area (TPSA) is 111 Å². The smallest absolute Gasteiger partial charge is 0.351 e. The third-order valence-corrected chi connectivity index (χ3v) is 5.86. The molecule has 0 amide bonds. The van der Waals surface area contributed by atoms with Gasteiger partial charge >= 0.3 is 5.69 Å². The Labute approximate surface area is 173 Å². The van der Waals surface area contributed by atoms with Gasteiger partial charge in [0, 0.05) is 32.0 Å². The van der Waals surface area contributed by atoms with E-state index in [1.807, 2.05) is 26.2 Å². The van der Waals surface area contributed by atoms with Gasteiger partial charge in [-0.2, -0.15) is 4.98 Å². The van der Waals surface area contributed by atoms with E-state index in [1.165, 1.54) is 15.9 Å². The first-order valence-corrected chi connectivity index (χ1v) is 10.4. The number of hydrogen-bond donors (Lipinski definition) is 1. The molecule has 1 fully saturated rings. The largest absolute Gasteiger partial charge is 0.383 e. The Hall–Kier alpha value is -1.85. The fourth-order valence-corrected chi connectivity index (χ4v) is 4.36. The SMILES string of the molecule is CC[C@]1(COC)O[C@@H](n2cc(-c3nccs3)c(N)nc2=O)[C@H](OC)[C@@H]1OC(C)C. The van der Waals surface area contributed by atoms with E-state index < -0.39 is 29.7 Å². The van der Waals surface area contributed by atoms with Crippen LogP contribution in [0.4, 0.5) is 5.82 Å². The number of methoxy groups -OCH3 is 2. The molecule has 1 aliphatic rings. The van der Waals surface area contributed by atoms with E-state index in [4.69, 9.17) is 24.7 Å². The molecule has 1 aliphatic heterocycles. The van der Waals surface area contributed by atoms with Crippen molar-refractivity contribution in [2.24, 2.45) is 0 Å². The van der Waals surface area contributed by atoms with Crippen molar-refractivity contribution in [3.8, 4) is 10.6 Å². The van der Waals surface area contributed by atoms with Crippen molar-refractivity contribution in [2.75, 3.05) is 26.6 Å². The summed E-state index contributed by atoms with van der Waals surface area (Å²) < 4.78 is 25.2. The zero-order valence-electron chi connectivity index (χ0n) is 17.3. The van der Waals surface area contributed by atoms with Gasteiger partial charge < -0.3 is 24.7 Å². The number of aromatic nitrogens is 3. The lowest BCUT2D eigenvalue weighted by Gasteiger charge is -2.34. The van der Waals surface area contributed by atoms with Crippen LogP contribution in [-0.4, -0.2) is 59.3 Å². The molecule has 0 aliphatic carbocycles. The van der Waals surface area contributed by atoms with Crippen molar-refractivity contribution in [2.45, 2.75) is 57.3 Å². The highest BCUT2D eigenvalue weighted by Gasteiger charge is 2.56. The number of nitrogens with zero attached hydrogens (tertiary/aromatic N) is 3. The van der Waals surface area contributed by atoms with Crippen molar-refractivity contribution in [3.63, 3.8) is 0 Å². The normalized spacial score (nSPS) is 27.0. The lowest BCUT2D eigenvalue weighted by molar-refractivity contribution is -0.157. The summed E-state index contributed by atoms with van der Waals surface area (Å²) in [6.45, 7) is 6.19. The van der Waals surface area contributed by atoms with Gasteiger partial charge in [0.25, 0.3) is 0 Å². The van der Waals surface area contributed by atoms with Crippen molar-refractivity contribution in [3.05, 3.63) is 28.3 Å². The minimum absolute atomic E-state index is 0.0603. The van der Waals surface area contributed by atoms with Crippen LogP contribution < -0.4 is 11.4 Å². The second kappa shape index (κ2) is 8.88. The van der Waals surface area contributed by atoms with Gasteiger partial charge in [-0.25, -0.2) is 9.78 Å². The molecule has 1 saturated heterocycles. The van der Waals surface area contributed by atoms with Crippen molar-refractivity contribution < 1.29 is 18.9 Å². The first-order valence-electron chi connectivity index (χ1n) is 9.50. The molecule has 29 heavy (non-hydrogen) atoms. The van der Waals surface area contributed by atoms with Gasteiger partial charge in [-0.05, 0) is 20.3 Å². The summed E-state index contributed by atoms with van der Waals surface area (Å²) in [5.74, 6) is 0.127. The minimum Gasteiger partial charge on any atom is -0.383 e. The van der Waals surface area contributed by atoms with E-state index in [0.717, 1.165) is 0 Å². The van der Waals surface area contributed by atoms with Crippen LogP contribution in [0.25, 0.3) is 10.6 Å². The molecule has 2 N–H and O–H groups in total. The Morgan fingerprint density at radius 2 is 2.17 bits per heavy atom. The van der Waals surface area contributed by atoms with Gasteiger partial charge in [0.15, 0.2) is 6.23 Å². The quantitative estimate of drug-likeness (QED) is 0.686. The molecule has 10 heteroatoms. The summed E-state index contributed by atoms with van der Waals surface area (Å²) in [5.41, 5.74) is 5.27. The number of nitrogen functional groups attached to an aromatic ring is 1. The third kappa shape index (κ3) is 4.08. The van der Waals surface area contributed by atoms with E-state index >= 15 is 0 Å². The molecule has 0 spiro atoms. The van der Waals surface area contributed by atoms with Crippen LogP contribution in [0.5, 0.6) is 0 Å². The highest BCUT2D eigenvalue weighted by Crippen LogP contribution is 2.43. The van der Waals surface area contributed by atoms with Gasteiger partial charge in [-0.3, -0.25) is 4.57 Å². The average molecular weight is 425 g/mol. The molecule has 160 valence electrons. The zero-order valence-corrected chi connectivity index (χ0v) is 18.1. The van der Waals surface area contributed by atoms with E-state index in [-0.39, 0.29) is 11.9 Å². The first-order chi connectivity index (χ1) is 13.9. The summed E-state index contributed by atoms with van der Waals surface area (Å²) in [7, 11) is 3.19. The van der Waals surface area contributed by atoms with Crippen LogP contribution in [0.15, 0.2) is 22.6 Å². The van der Waals surface area contributed by atoms with E-state index in [9.17, 15) is 4.79 Å². The van der Waals surface area contributed by atoms with Crippen LogP contribution in [0.1, 0.15) is 33.4 Å². The van der Waals surface area contributed by atoms with Crippen LogP contribution >= 0.6 is 11.3 Å². The summed E-state index contributed by atoms with van der Waals surface area (Å²) in [4.78, 5) is 21.0. The molecule has 0 unspecified atom stereocenters. The van der Waals surface area contributed by atoms with Gasteiger partial charge in [0.1, 0.15) is 28.6 Å². The molecule has 9 nitrogen and oxygen atoms in total. The van der Waals surface area contributed by atoms with Crippen LogP contribution in [0.2, 0.25) is 0 Å². The lowest BCUT2D eigenvalue weighted by Crippen LogP contribution is -2.49. The van der Waals surface area contributed by atoms with E-state index in [2.05, 4.69) is 9.97 Å². The zero-order chi connectivity index (χ0) is 21.2. The van der Waals surface area contributed by atoms with Crippen molar-refractivity contribution in [1.82, 2.24) is 14.5 Å². The first kappa shape index (κ1) is 21.8. The van der Waals surface area contributed by atoms with Crippen molar-refractivity contribution >= 4 is 17.2 Å². The summed E-state index contributed by atoms with van der Waals surface area (Å²) in [6.07, 6.45) is 2.13. The molecule has 2 aromatic heterocycles. The molecular weight excluding hydrogens is 396 g/mol. The fraction of sp³-hybridized carbons (Fsp3) is 0.632. The number of nitrogens with two attached hydrogens (primary N) is 1. The monoisotopic (exact) mass is 424 g/mol. The molecule has 3 rings (SSSR count). The maximum atomic E-state index is 12.7. The third-order valence-electron chi connectivity index (χ3n) is 5.05. The Morgan fingerprint density at radius 1 is 1.41 bits per heavy atom. The maximum Gasteiger partial charge on any atom is 0.351 e. The lowest BCUT2D eigenvalue weighted by atomic mass is 9.92. The van der Waals surface area contributed by atoms with Crippen LogP contribution in [0.3, 0.4) is 0 Å². The maximum absolute atomic E-state index is 12.7.